The predicted octanol–water partition coefficient (Wildman–Crippen LogP) is 2.04. The summed E-state index contributed by atoms with van der Waals surface area (Å²) in [6.07, 6.45) is 0.699. The molecule has 1 fully saturated rings. The number of imide groups is 1. The number of ether oxygens (including phenoxy) is 1. The molecule has 26 heavy (non-hydrogen) atoms. The monoisotopic (exact) mass is 350 g/mol. The molecule has 132 valence electrons. The fraction of sp³-hybridized carbons (Fsp3) is 0.200. The van der Waals surface area contributed by atoms with Crippen LogP contribution in [0.2, 0.25) is 0 Å². The summed E-state index contributed by atoms with van der Waals surface area (Å²) in [6, 6.07) is 14.0. The summed E-state index contributed by atoms with van der Waals surface area (Å²) < 4.78 is 5.60. The van der Waals surface area contributed by atoms with Gasteiger partial charge in [-0.2, -0.15) is 0 Å². The zero-order chi connectivity index (χ0) is 18.3. The number of nitrogens with two attached hydrogens (primary N) is 1. The van der Waals surface area contributed by atoms with E-state index in [0.29, 0.717) is 17.7 Å². The Bertz CT molecular complexity index is 918. The van der Waals surface area contributed by atoms with Crippen LogP contribution in [-0.4, -0.2) is 28.4 Å². The van der Waals surface area contributed by atoms with Crippen LogP contribution in [0.25, 0.3) is 0 Å². The molecule has 0 aliphatic carbocycles. The van der Waals surface area contributed by atoms with Gasteiger partial charge in [0.05, 0.1) is 5.57 Å². The molecule has 0 spiro atoms. The van der Waals surface area contributed by atoms with Crippen LogP contribution in [0.4, 0.5) is 0 Å². The first-order chi connectivity index (χ1) is 12.5. The number of nitrogens with zero attached hydrogens (tertiary/aromatic N) is 1. The highest BCUT2D eigenvalue weighted by molar-refractivity contribution is 6.09. The number of phenols is 1. The Morgan fingerprint density at radius 3 is 2.62 bits per heavy atom. The third-order valence-corrected chi connectivity index (χ3v) is 4.84. The Morgan fingerprint density at radius 2 is 1.85 bits per heavy atom. The number of aromatic hydroxyl groups is 1. The number of rotatable bonds is 3. The van der Waals surface area contributed by atoms with Gasteiger partial charge in [0.1, 0.15) is 11.5 Å². The second-order valence-corrected chi connectivity index (χ2v) is 6.44. The number of benzene rings is 2. The Morgan fingerprint density at radius 1 is 1.12 bits per heavy atom. The molecule has 6 nitrogen and oxygen atoms in total. The lowest BCUT2D eigenvalue weighted by Gasteiger charge is -2.36. The number of carbonyl (C=O) groups is 2. The van der Waals surface area contributed by atoms with Crippen LogP contribution in [0.5, 0.6) is 11.5 Å². The van der Waals surface area contributed by atoms with Crippen LogP contribution in [0.1, 0.15) is 23.5 Å². The number of hydrogen-bond acceptors (Lipinski definition) is 5. The standard InChI is InChI=1S/C20H18N2O4/c21-19-18-15(14-3-1-2-4-16(14)26-19)11-17(24)22(20(18)25)10-9-12-5-7-13(23)8-6-12/h1-8,15,23H,9-11,21H2. The first-order valence-corrected chi connectivity index (χ1v) is 8.43. The lowest BCUT2D eigenvalue weighted by Crippen LogP contribution is -2.47. The van der Waals surface area contributed by atoms with E-state index in [1.807, 2.05) is 18.2 Å². The van der Waals surface area contributed by atoms with E-state index >= 15 is 0 Å². The Labute approximate surface area is 150 Å². The second kappa shape index (κ2) is 6.22. The quantitative estimate of drug-likeness (QED) is 0.827. The van der Waals surface area contributed by atoms with Crippen molar-refractivity contribution in [3.05, 3.63) is 71.1 Å². The van der Waals surface area contributed by atoms with Gasteiger partial charge in [-0.1, -0.05) is 30.3 Å². The van der Waals surface area contributed by atoms with E-state index in [1.165, 1.54) is 4.90 Å². The molecule has 0 saturated carbocycles. The second-order valence-electron chi connectivity index (χ2n) is 6.44. The summed E-state index contributed by atoms with van der Waals surface area (Å²) >= 11 is 0. The maximum Gasteiger partial charge on any atom is 0.262 e. The van der Waals surface area contributed by atoms with Crippen molar-refractivity contribution in [2.24, 2.45) is 5.73 Å². The van der Waals surface area contributed by atoms with E-state index in [4.69, 9.17) is 10.5 Å². The first kappa shape index (κ1) is 16.2. The Hall–Kier alpha value is -3.28. The molecule has 0 bridgehead atoms. The molecular weight excluding hydrogens is 332 g/mol. The van der Waals surface area contributed by atoms with E-state index in [-0.39, 0.29) is 36.4 Å². The first-order valence-electron chi connectivity index (χ1n) is 8.43. The Balaban J connectivity index is 1.58. The van der Waals surface area contributed by atoms with Crippen LogP contribution < -0.4 is 10.5 Å². The highest BCUT2D eigenvalue weighted by atomic mass is 16.5. The molecule has 2 aromatic rings. The average Bonchev–Trinajstić information content (AvgIpc) is 2.62. The zero-order valence-corrected chi connectivity index (χ0v) is 14.0. The van der Waals surface area contributed by atoms with Gasteiger partial charge in [-0.3, -0.25) is 14.5 Å². The highest BCUT2D eigenvalue weighted by Gasteiger charge is 2.42. The SMILES string of the molecule is NC1=C2C(=O)N(CCc3ccc(O)cc3)C(=O)CC2c2ccccc2O1. The van der Waals surface area contributed by atoms with Crippen molar-refractivity contribution < 1.29 is 19.4 Å². The molecule has 2 aliphatic rings. The third-order valence-electron chi connectivity index (χ3n) is 4.84. The van der Waals surface area contributed by atoms with Crippen LogP contribution in [0, 0.1) is 0 Å². The van der Waals surface area contributed by atoms with Crippen LogP contribution in [0.15, 0.2) is 60.0 Å². The number of fused-ring (bicyclic) bond motifs is 3. The number of para-hydroxylation sites is 1. The van der Waals surface area contributed by atoms with Gasteiger partial charge in [-0.05, 0) is 30.2 Å². The summed E-state index contributed by atoms with van der Waals surface area (Å²) in [5, 5.41) is 9.34. The van der Waals surface area contributed by atoms with Crippen molar-refractivity contribution in [1.29, 1.82) is 0 Å². The summed E-state index contributed by atoms with van der Waals surface area (Å²) in [7, 11) is 0. The largest absolute Gasteiger partial charge is 0.508 e. The van der Waals surface area contributed by atoms with Gasteiger partial charge in [0.2, 0.25) is 5.91 Å². The summed E-state index contributed by atoms with van der Waals surface area (Å²) in [6.45, 7) is 0.258. The minimum Gasteiger partial charge on any atom is -0.508 e. The fourth-order valence-electron chi connectivity index (χ4n) is 3.50. The molecular formula is C20H18N2O4. The molecule has 1 unspecified atom stereocenters. The van der Waals surface area contributed by atoms with Crippen LogP contribution >= 0.6 is 0 Å². The molecule has 1 atom stereocenters. The van der Waals surface area contributed by atoms with Crippen LogP contribution in [0.3, 0.4) is 0 Å². The fourth-order valence-corrected chi connectivity index (χ4v) is 3.50. The highest BCUT2D eigenvalue weighted by Crippen LogP contribution is 2.43. The average molecular weight is 350 g/mol. The van der Waals surface area contributed by atoms with Gasteiger partial charge >= 0.3 is 0 Å². The minimum atomic E-state index is -0.392. The molecule has 2 amide bonds. The molecule has 2 aliphatic heterocycles. The van der Waals surface area contributed by atoms with Crippen LogP contribution in [-0.2, 0) is 16.0 Å². The summed E-state index contributed by atoms with van der Waals surface area (Å²) in [4.78, 5) is 26.8. The molecule has 2 heterocycles. The molecule has 0 radical (unpaired) electrons. The number of piperidine rings is 1. The lowest BCUT2D eigenvalue weighted by molar-refractivity contribution is -0.145. The van der Waals surface area contributed by atoms with Crippen molar-refractivity contribution in [3.63, 3.8) is 0 Å². The molecule has 4 rings (SSSR count). The number of likely N-dealkylation sites (tertiary alicyclic amines) is 1. The van der Waals surface area contributed by atoms with Gasteiger partial charge in [0, 0.05) is 24.4 Å². The Kier molecular flexibility index (Phi) is 3.88. The summed E-state index contributed by atoms with van der Waals surface area (Å²) in [5.41, 5.74) is 8.10. The van der Waals surface area contributed by atoms with Crippen molar-refractivity contribution >= 4 is 11.8 Å². The minimum absolute atomic E-state index is 0.0702. The zero-order valence-electron chi connectivity index (χ0n) is 14.0. The van der Waals surface area contributed by atoms with Crippen molar-refractivity contribution in [3.8, 4) is 11.5 Å². The maximum absolute atomic E-state index is 12.9. The smallest absolute Gasteiger partial charge is 0.262 e. The number of amides is 2. The maximum atomic E-state index is 12.9. The summed E-state index contributed by atoms with van der Waals surface area (Å²) in [5.74, 6) is -0.121. The lowest BCUT2D eigenvalue weighted by atomic mass is 9.82. The van der Waals surface area contributed by atoms with E-state index in [1.54, 1.807) is 30.3 Å². The molecule has 0 aromatic heterocycles. The topological polar surface area (TPSA) is 92.9 Å². The normalized spacial score (nSPS) is 19.1. The van der Waals surface area contributed by atoms with E-state index < -0.39 is 5.91 Å². The molecule has 3 N–H and O–H groups in total. The van der Waals surface area contributed by atoms with Crippen molar-refractivity contribution in [2.45, 2.75) is 18.8 Å². The van der Waals surface area contributed by atoms with Crippen molar-refractivity contribution in [1.82, 2.24) is 4.90 Å². The molecule has 2 aromatic carbocycles. The van der Waals surface area contributed by atoms with E-state index in [9.17, 15) is 14.7 Å². The number of phenolic OH excluding ortho intramolecular Hbond substituents is 1. The van der Waals surface area contributed by atoms with Gasteiger partial charge in [-0.25, -0.2) is 0 Å². The van der Waals surface area contributed by atoms with Gasteiger partial charge in [0.15, 0.2) is 5.88 Å². The molecule has 6 heteroatoms. The van der Waals surface area contributed by atoms with Gasteiger partial charge in [-0.15, -0.1) is 0 Å². The van der Waals surface area contributed by atoms with E-state index in [0.717, 1.165) is 11.1 Å². The van der Waals surface area contributed by atoms with Crippen molar-refractivity contribution in [2.75, 3.05) is 6.54 Å². The van der Waals surface area contributed by atoms with E-state index in [2.05, 4.69) is 0 Å². The van der Waals surface area contributed by atoms with Gasteiger partial charge < -0.3 is 15.6 Å². The number of carbonyl (C=O) groups excluding carboxylic acids is 2. The predicted molar refractivity (Wildman–Crippen MR) is 94.2 cm³/mol. The van der Waals surface area contributed by atoms with Gasteiger partial charge in [0.25, 0.3) is 5.91 Å². The third kappa shape index (κ3) is 2.69. The molecule has 1 saturated heterocycles. The number of hydrogen-bond donors (Lipinski definition) is 2.